The molecule has 0 fully saturated rings. The highest BCUT2D eigenvalue weighted by molar-refractivity contribution is 5.85. The van der Waals surface area contributed by atoms with Gasteiger partial charge in [-0.25, -0.2) is 0 Å². The van der Waals surface area contributed by atoms with Gasteiger partial charge in [0.15, 0.2) is 0 Å². The molecule has 0 radical (unpaired) electrons. The van der Waals surface area contributed by atoms with Crippen LogP contribution in [-0.4, -0.2) is 27.2 Å². The molecule has 0 atom stereocenters. The van der Waals surface area contributed by atoms with Crippen molar-refractivity contribution >= 4 is 36.4 Å². The standard InChI is InChI=1S/C16H23N5O.2ClH/c1-12(2)16-20-19-11-21(16)10-9-18-15(22)8-7-13-5-3-4-6-14(13)17;;/h3-6,11-12H,7-10,17H2,1-2H3,(H,18,22);2*1H. The monoisotopic (exact) mass is 373 g/mol. The molecule has 0 aliphatic rings. The first-order valence-electron chi connectivity index (χ1n) is 7.55. The molecule has 2 rings (SSSR count). The number of aromatic nitrogens is 3. The number of carbonyl (C=O) groups is 1. The van der Waals surface area contributed by atoms with E-state index in [0.29, 0.717) is 31.8 Å². The van der Waals surface area contributed by atoms with E-state index in [9.17, 15) is 4.79 Å². The van der Waals surface area contributed by atoms with Crippen molar-refractivity contribution in [1.29, 1.82) is 0 Å². The Morgan fingerprint density at radius 2 is 2.00 bits per heavy atom. The number of carbonyl (C=O) groups excluding carboxylic acids is 1. The fourth-order valence-corrected chi connectivity index (χ4v) is 2.30. The number of aryl methyl sites for hydroxylation is 1. The smallest absolute Gasteiger partial charge is 0.220 e. The van der Waals surface area contributed by atoms with Crippen LogP contribution in [0, 0.1) is 0 Å². The van der Waals surface area contributed by atoms with Crippen LogP contribution in [0.5, 0.6) is 0 Å². The summed E-state index contributed by atoms with van der Waals surface area (Å²) in [7, 11) is 0. The number of rotatable bonds is 7. The lowest BCUT2D eigenvalue weighted by atomic mass is 10.1. The van der Waals surface area contributed by atoms with Gasteiger partial charge in [0.1, 0.15) is 12.2 Å². The van der Waals surface area contributed by atoms with Crippen molar-refractivity contribution in [2.45, 2.75) is 39.2 Å². The predicted molar refractivity (Wildman–Crippen MR) is 101 cm³/mol. The molecule has 8 heteroatoms. The largest absolute Gasteiger partial charge is 0.399 e. The van der Waals surface area contributed by atoms with Crippen LogP contribution in [0.15, 0.2) is 30.6 Å². The SMILES string of the molecule is CC(C)c1nncn1CCNC(=O)CCc1ccccc1N.Cl.Cl. The fraction of sp³-hybridized carbons (Fsp3) is 0.438. The second-order valence-corrected chi connectivity index (χ2v) is 5.59. The van der Waals surface area contributed by atoms with Crippen LogP contribution >= 0.6 is 24.8 Å². The maximum atomic E-state index is 11.9. The molecule has 0 bridgehead atoms. The maximum Gasteiger partial charge on any atom is 0.220 e. The predicted octanol–water partition coefficient (Wildman–Crippen LogP) is 2.58. The van der Waals surface area contributed by atoms with Crippen LogP contribution in [0.2, 0.25) is 0 Å². The summed E-state index contributed by atoms with van der Waals surface area (Å²) >= 11 is 0. The Bertz CT molecular complexity index is 630. The van der Waals surface area contributed by atoms with Gasteiger partial charge >= 0.3 is 0 Å². The number of hydrogen-bond donors (Lipinski definition) is 2. The number of anilines is 1. The lowest BCUT2D eigenvalue weighted by Gasteiger charge is -2.10. The van der Waals surface area contributed by atoms with Gasteiger partial charge in [-0.2, -0.15) is 0 Å². The van der Waals surface area contributed by atoms with Gasteiger partial charge in [-0.1, -0.05) is 32.0 Å². The van der Waals surface area contributed by atoms with Gasteiger partial charge < -0.3 is 15.6 Å². The number of halogens is 2. The number of nitrogens with one attached hydrogen (secondary N) is 1. The van der Waals surface area contributed by atoms with Gasteiger partial charge in [0.25, 0.3) is 0 Å². The topological polar surface area (TPSA) is 85.8 Å². The highest BCUT2D eigenvalue weighted by Gasteiger charge is 2.09. The lowest BCUT2D eigenvalue weighted by molar-refractivity contribution is -0.121. The first kappa shape index (κ1) is 22.2. The summed E-state index contributed by atoms with van der Waals surface area (Å²) < 4.78 is 1.97. The van der Waals surface area contributed by atoms with E-state index in [1.807, 2.05) is 28.8 Å². The Morgan fingerprint density at radius 1 is 1.29 bits per heavy atom. The van der Waals surface area contributed by atoms with Crippen molar-refractivity contribution < 1.29 is 4.79 Å². The average Bonchev–Trinajstić information content (AvgIpc) is 2.95. The van der Waals surface area contributed by atoms with Crippen LogP contribution < -0.4 is 11.1 Å². The second-order valence-electron chi connectivity index (χ2n) is 5.59. The average molecular weight is 374 g/mol. The Morgan fingerprint density at radius 3 is 2.67 bits per heavy atom. The molecule has 6 nitrogen and oxygen atoms in total. The fourth-order valence-electron chi connectivity index (χ4n) is 2.30. The van der Waals surface area contributed by atoms with E-state index < -0.39 is 0 Å². The molecule has 0 saturated heterocycles. The van der Waals surface area contributed by atoms with E-state index in [-0.39, 0.29) is 30.7 Å². The number of nitrogen functional groups attached to an aromatic ring is 1. The van der Waals surface area contributed by atoms with Gasteiger partial charge in [0.05, 0.1) is 0 Å². The minimum Gasteiger partial charge on any atom is -0.399 e. The molecule has 134 valence electrons. The Labute approximate surface area is 155 Å². The van der Waals surface area contributed by atoms with E-state index in [2.05, 4.69) is 29.4 Å². The highest BCUT2D eigenvalue weighted by atomic mass is 35.5. The molecule has 24 heavy (non-hydrogen) atoms. The molecule has 0 saturated carbocycles. The summed E-state index contributed by atoms with van der Waals surface area (Å²) in [5.74, 6) is 1.29. The molecular formula is C16H25Cl2N5O. The van der Waals surface area contributed by atoms with Crippen molar-refractivity contribution in [1.82, 2.24) is 20.1 Å². The molecule has 0 unspecified atom stereocenters. The quantitative estimate of drug-likeness (QED) is 0.730. The summed E-state index contributed by atoms with van der Waals surface area (Å²) in [4.78, 5) is 11.9. The summed E-state index contributed by atoms with van der Waals surface area (Å²) in [6.07, 6.45) is 2.79. The van der Waals surface area contributed by atoms with Crippen molar-refractivity contribution in [3.63, 3.8) is 0 Å². The Kier molecular flexibility index (Phi) is 10.1. The van der Waals surface area contributed by atoms with E-state index >= 15 is 0 Å². The number of benzene rings is 1. The summed E-state index contributed by atoms with van der Waals surface area (Å²) in [5.41, 5.74) is 7.62. The molecule has 1 heterocycles. The van der Waals surface area contributed by atoms with Crippen molar-refractivity contribution in [2.75, 3.05) is 12.3 Å². The summed E-state index contributed by atoms with van der Waals surface area (Å²) in [6.45, 7) is 5.40. The minimum absolute atomic E-state index is 0. The maximum absolute atomic E-state index is 11.9. The molecule has 1 aromatic carbocycles. The zero-order valence-corrected chi connectivity index (χ0v) is 15.6. The molecule has 0 aliphatic heterocycles. The second kappa shape index (κ2) is 10.9. The van der Waals surface area contributed by atoms with Crippen molar-refractivity contribution in [3.8, 4) is 0 Å². The van der Waals surface area contributed by atoms with Gasteiger partial charge in [0.2, 0.25) is 5.91 Å². The van der Waals surface area contributed by atoms with Crippen LogP contribution in [-0.2, 0) is 17.8 Å². The zero-order chi connectivity index (χ0) is 15.9. The van der Waals surface area contributed by atoms with Gasteiger partial charge in [-0.05, 0) is 18.1 Å². The number of amides is 1. The molecular weight excluding hydrogens is 349 g/mol. The zero-order valence-electron chi connectivity index (χ0n) is 13.9. The first-order chi connectivity index (χ1) is 10.6. The first-order valence-corrected chi connectivity index (χ1v) is 7.55. The number of nitrogens with two attached hydrogens (primary N) is 1. The molecule has 3 N–H and O–H groups in total. The van der Waals surface area contributed by atoms with Gasteiger partial charge in [-0.15, -0.1) is 35.0 Å². The lowest BCUT2D eigenvalue weighted by Crippen LogP contribution is -2.27. The Hall–Kier alpha value is -1.79. The van der Waals surface area contributed by atoms with Gasteiger partial charge in [0, 0.05) is 31.1 Å². The van der Waals surface area contributed by atoms with E-state index in [1.165, 1.54) is 0 Å². The third-order valence-electron chi connectivity index (χ3n) is 3.51. The molecule has 1 amide bonds. The van der Waals surface area contributed by atoms with Crippen LogP contribution in [0.25, 0.3) is 0 Å². The van der Waals surface area contributed by atoms with Crippen LogP contribution in [0.1, 0.15) is 37.6 Å². The van der Waals surface area contributed by atoms with Crippen LogP contribution in [0.3, 0.4) is 0 Å². The normalized spacial score (nSPS) is 9.96. The number of nitrogens with zero attached hydrogens (tertiary/aromatic N) is 3. The Balaban J connectivity index is 0.00000264. The third kappa shape index (κ3) is 6.37. The van der Waals surface area contributed by atoms with E-state index in [0.717, 1.165) is 17.1 Å². The third-order valence-corrected chi connectivity index (χ3v) is 3.51. The molecule has 0 aliphatic carbocycles. The summed E-state index contributed by atoms with van der Waals surface area (Å²) in [6, 6.07) is 7.63. The van der Waals surface area contributed by atoms with Crippen molar-refractivity contribution in [3.05, 3.63) is 42.0 Å². The number of hydrogen-bond acceptors (Lipinski definition) is 4. The number of para-hydroxylation sites is 1. The molecule has 1 aromatic heterocycles. The van der Waals surface area contributed by atoms with Gasteiger partial charge in [-0.3, -0.25) is 4.79 Å². The van der Waals surface area contributed by atoms with Crippen molar-refractivity contribution in [2.24, 2.45) is 0 Å². The van der Waals surface area contributed by atoms with Crippen LogP contribution in [0.4, 0.5) is 5.69 Å². The molecule has 2 aromatic rings. The molecule has 0 spiro atoms. The minimum atomic E-state index is 0. The van der Waals surface area contributed by atoms with E-state index in [4.69, 9.17) is 5.73 Å². The van der Waals surface area contributed by atoms with E-state index in [1.54, 1.807) is 6.33 Å². The highest BCUT2D eigenvalue weighted by Crippen LogP contribution is 2.12. The summed E-state index contributed by atoms with van der Waals surface area (Å²) in [5, 5.41) is 10.9.